The number of hydrogen-bond acceptors (Lipinski definition) is 3. The Balaban J connectivity index is 1.21. The van der Waals surface area contributed by atoms with E-state index in [1.54, 1.807) is 0 Å². The Morgan fingerprint density at radius 3 is 1.48 bits per heavy atom. The van der Waals surface area contributed by atoms with Crippen molar-refractivity contribution in [3.8, 4) is 0 Å². The maximum atomic E-state index is 2.74. The van der Waals surface area contributed by atoms with Gasteiger partial charge in [-0.05, 0) is 218 Å². The Hall–Kier alpha value is -6.00. The lowest BCUT2D eigenvalue weighted by Gasteiger charge is -2.48. The fourth-order valence-electron chi connectivity index (χ4n) is 15.5. The van der Waals surface area contributed by atoms with Crippen LogP contribution in [0.3, 0.4) is 0 Å². The molecule has 0 unspecified atom stereocenters. The fourth-order valence-corrected chi connectivity index (χ4v) is 15.5. The largest absolute Gasteiger partial charge is 0.311 e. The molecule has 0 bridgehead atoms. The molecular formula is C67H74BN3. The van der Waals surface area contributed by atoms with Gasteiger partial charge in [0.15, 0.2) is 0 Å². The van der Waals surface area contributed by atoms with Crippen molar-refractivity contribution >= 4 is 74.3 Å². The molecule has 0 N–H and O–H groups in total. The van der Waals surface area contributed by atoms with E-state index in [-0.39, 0.29) is 39.2 Å². The van der Waals surface area contributed by atoms with Gasteiger partial charge in [0, 0.05) is 51.2 Å². The van der Waals surface area contributed by atoms with Gasteiger partial charge in [0.05, 0.1) is 0 Å². The normalized spacial score (nSPS) is 19.6. The minimum absolute atomic E-state index is 0.0206. The van der Waals surface area contributed by atoms with E-state index >= 15 is 0 Å². The molecule has 2 heterocycles. The minimum Gasteiger partial charge on any atom is -0.311 e. The number of nitrogens with zero attached hydrogens (tertiary/aromatic N) is 3. The van der Waals surface area contributed by atoms with Crippen LogP contribution in [0.2, 0.25) is 0 Å². The zero-order valence-electron chi connectivity index (χ0n) is 45.4. The molecule has 2 aliphatic heterocycles. The van der Waals surface area contributed by atoms with Crippen molar-refractivity contribution in [1.29, 1.82) is 0 Å². The van der Waals surface area contributed by atoms with Crippen molar-refractivity contribution in [2.75, 3.05) is 14.7 Å². The topological polar surface area (TPSA) is 9.72 Å². The van der Waals surface area contributed by atoms with Crippen LogP contribution in [0, 0.1) is 20.8 Å². The molecular weight excluding hydrogens is 858 g/mol. The van der Waals surface area contributed by atoms with Crippen molar-refractivity contribution in [2.45, 2.75) is 162 Å². The molecule has 5 aliphatic rings. The van der Waals surface area contributed by atoms with Gasteiger partial charge in [0.25, 0.3) is 6.71 Å². The highest BCUT2D eigenvalue weighted by molar-refractivity contribution is 7.00. The summed E-state index contributed by atoms with van der Waals surface area (Å²) < 4.78 is 0. The van der Waals surface area contributed by atoms with Gasteiger partial charge in [-0.25, -0.2) is 0 Å². The predicted molar refractivity (Wildman–Crippen MR) is 306 cm³/mol. The monoisotopic (exact) mass is 932 g/mol. The van der Waals surface area contributed by atoms with Crippen LogP contribution in [0.5, 0.6) is 0 Å². The molecule has 0 radical (unpaired) electrons. The van der Waals surface area contributed by atoms with E-state index in [0.717, 1.165) is 29.9 Å². The third kappa shape index (κ3) is 6.74. The Labute approximate surface area is 426 Å². The number of rotatable bonds is 5. The van der Waals surface area contributed by atoms with Crippen LogP contribution >= 0.6 is 0 Å². The quantitative estimate of drug-likeness (QED) is 0.159. The lowest BCUT2D eigenvalue weighted by atomic mass is 9.33. The molecule has 3 nitrogen and oxygen atoms in total. The zero-order valence-corrected chi connectivity index (χ0v) is 45.4. The summed E-state index contributed by atoms with van der Waals surface area (Å²) in [6.45, 7) is 36.8. The van der Waals surface area contributed by atoms with Crippen molar-refractivity contribution in [2.24, 2.45) is 0 Å². The van der Waals surface area contributed by atoms with Crippen LogP contribution in [0.1, 0.15) is 159 Å². The molecule has 71 heavy (non-hydrogen) atoms. The number of benzene rings is 7. The number of anilines is 9. The fraction of sp³-hybridized carbons (Fsp3) is 0.373. The van der Waals surface area contributed by atoms with E-state index in [2.05, 4.69) is 246 Å². The highest BCUT2D eigenvalue weighted by atomic mass is 15.2. The molecule has 3 aliphatic carbocycles. The first-order chi connectivity index (χ1) is 33.4. The second kappa shape index (κ2) is 15.0. The Bertz CT molecular complexity index is 3330. The maximum Gasteiger partial charge on any atom is 0.252 e. The smallest absolute Gasteiger partial charge is 0.252 e. The molecule has 0 saturated carbocycles. The van der Waals surface area contributed by atoms with E-state index < -0.39 is 0 Å². The molecule has 0 spiro atoms. The van der Waals surface area contributed by atoms with Crippen LogP contribution in [0.4, 0.5) is 51.2 Å². The van der Waals surface area contributed by atoms with Crippen LogP contribution in [0.15, 0.2) is 127 Å². The van der Waals surface area contributed by atoms with E-state index in [1.165, 1.54) is 113 Å². The molecule has 0 saturated heterocycles. The van der Waals surface area contributed by atoms with Crippen LogP contribution in [0.25, 0.3) is 0 Å². The summed E-state index contributed by atoms with van der Waals surface area (Å²) in [4.78, 5) is 7.87. The van der Waals surface area contributed by atoms with Crippen molar-refractivity contribution in [3.05, 3.63) is 177 Å². The zero-order chi connectivity index (χ0) is 50.1. The van der Waals surface area contributed by atoms with Crippen molar-refractivity contribution in [3.63, 3.8) is 0 Å². The molecule has 7 aromatic rings. The third-order valence-electron chi connectivity index (χ3n) is 18.3. The lowest BCUT2D eigenvalue weighted by Crippen LogP contribution is -2.62. The first-order valence-electron chi connectivity index (χ1n) is 26.7. The summed E-state index contributed by atoms with van der Waals surface area (Å²) in [6.07, 6.45) is 4.60. The number of fused-ring (bicyclic) bond motifs is 7. The van der Waals surface area contributed by atoms with Crippen molar-refractivity contribution < 1.29 is 0 Å². The molecule has 4 heteroatoms. The second-order valence-corrected chi connectivity index (χ2v) is 26.5. The average molecular weight is 932 g/mol. The molecule has 0 fully saturated rings. The number of hydrogen-bond donors (Lipinski definition) is 0. The summed E-state index contributed by atoms with van der Waals surface area (Å²) in [5.74, 6) is 0. The minimum atomic E-state index is -0.0206. The van der Waals surface area contributed by atoms with Crippen LogP contribution in [-0.2, 0) is 32.5 Å². The first-order valence-corrected chi connectivity index (χ1v) is 26.7. The van der Waals surface area contributed by atoms with Gasteiger partial charge < -0.3 is 14.7 Å². The maximum absolute atomic E-state index is 2.74. The van der Waals surface area contributed by atoms with E-state index in [0.29, 0.717) is 0 Å². The van der Waals surface area contributed by atoms with E-state index in [1.807, 2.05) is 0 Å². The summed E-state index contributed by atoms with van der Waals surface area (Å²) >= 11 is 0. The van der Waals surface area contributed by atoms with Gasteiger partial charge in [-0.2, -0.15) is 0 Å². The summed E-state index contributed by atoms with van der Waals surface area (Å²) in [6, 6.07) is 49.8. The van der Waals surface area contributed by atoms with Gasteiger partial charge in [-0.3, -0.25) is 0 Å². The van der Waals surface area contributed by atoms with Crippen LogP contribution in [-0.4, -0.2) is 6.71 Å². The Morgan fingerprint density at radius 2 is 0.873 bits per heavy atom. The van der Waals surface area contributed by atoms with Crippen molar-refractivity contribution in [1.82, 2.24) is 0 Å². The average Bonchev–Trinajstić information content (AvgIpc) is 3.62. The predicted octanol–water partition coefficient (Wildman–Crippen LogP) is 16.4. The van der Waals surface area contributed by atoms with Gasteiger partial charge in [0.1, 0.15) is 0 Å². The first kappa shape index (κ1) is 46.1. The van der Waals surface area contributed by atoms with Gasteiger partial charge in [-0.1, -0.05) is 138 Å². The van der Waals surface area contributed by atoms with Gasteiger partial charge in [-0.15, -0.1) is 0 Å². The summed E-state index contributed by atoms with van der Waals surface area (Å²) in [7, 11) is 0. The number of para-hydroxylation sites is 2. The molecule has 360 valence electrons. The molecule has 7 aromatic carbocycles. The lowest BCUT2D eigenvalue weighted by molar-refractivity contribution is 0.332. The molecule has 0 amide bonds. The van der Waals surface area contributed by atoms with Gasteiger partial charge in [0.2, 0.25) is 0 Å². The highest BCUT2D eigenvalue weighted by Gasteiger charge is 2.50. The highest BCUT2D eigenvalue weighted by Crippen LogP contribution is 2.57. The summed E-state index contributed by atoms with van der Waals surface area (Å²) in [5.41, 5.74) is 28.8. The SMILES string of the molecule is Cc1cc2c3c(c1)N(c1ccc4c(c1C)C(C)(C)CC4(C)C)c1ccc(N(c4ccccc4)c4ccccc4)cc1B3c1cc3c(cc1N2c1cc2c(cc1C)C(C)(C)CC2(C)C)C(C)(C)CCC3(C)C. The Kier molecular flexibility index (Phi) is 9.76. The second-order valence-electron chi connectivity index (χ2n) is 26.5. The van der Waals surface area contributed by atoms with E-state index in [4.69, 9.17) is 0 Å². The standard InChI is InChI=1S/C67H74BN3/c1-41-32-58-61-59(33-41)71(56-37-51-48(34-42(56)2)65(10,11)39-66(51,12)13)57-38-50-49(62(4,5)30-31-63(50,6)7)36-53(57)68(61)52-35-46(69(44-22-18-16-19-23-44)45-24-20-17-21-25-45)26-28-55(52)70(58)54-29-27-47-60(43(54)3)67(14,15)40-64(47,8)9/h16-29,32-38H,30-31,39-40H2,1-15H3. The summed E-state index contributed by atoms with van der Waals surface area (Å²) in [5, 5.41) is 0. The van der Waals surface area contributed by atoms with Crippen LogP contribution < -0.4 is 31.1 Å². The molecule has 12 rings (SSSR count). The Morgan fingerprint density at radius 1 is 0.394 bits per heavy atom. The van der Waals surface area contributed by atoms with Gasteiger partial charge >= 0.3 is 0 Å². The third-order valence-corrected chi connectivity index (χ3v) is 18.3. The number of aryl methyl sites for hydroxylation is 2. The molecule has 0 aromatic heterocycles. The molecule has 0 atom stereocenters. The van der Waals surface area contributed by atoms with E-state index in [9.17, 15) is 0 Å².